The zero-order chi connectivity index (χ0) is 12.9. The van der Waals surface area contributed by atoms with E-state index in [1.54, 1.807) is 0 Å². The molecule has 2 saturated heterocycles. The highest BCUT2D eigenvalue weighted by Crippen LogP contribution is 2.56. The topological polar surface area (TPSA) is 35.5 Å². The minimum absolute atomic E-state index is 0.0915. The molecule has 3 aliphatic rings. The Balaban J connectivity index is 1.50. The third-order valence-electron chi connectivity index (χ3n) is 5.34. The number of aliphatic hydroxyl groups excluding tert-OH is 1. The summed E-state index contributed by atoms with van der Waals surface area (Å²) in [6.07, 6.45) is 3.08. The summed E-state index contributed by atoms with van der Waals surface area (Å²) in [5.74, 6) is 0.878. The number of nitrogens with one attached hydrogen (secondary N) is 1. The summed E-state index contributed by atoms with van der Waals surface area (Å²) >= 11 is 0. The Morgan fingerprint density at radius 1 is 1.16 bits per heavy atom. The Morgan fingerprint density at radius 2 is 1.89 bits per heavy atom. The van der Waals surface area contributed by atoms with E-state index in [-0.39, 0.29) is 6.10 Å². The number of hydrogen-bond acceptors (Lipinski definition) is 3. The maximum absolute atomic E-state index is 9.57. The van der Waals surface area contributed by atoms with E-state index in [4.69, 9.17) is 0 Å². The lowest BCUT2D eigenvalue weighted by atomic mass is 9.94. The number of benzene rings is 1. The van der Waals surface area contributed by atoms with Crippen LogP contribution >= 0.6 is 0 Å². The number of anilines is 1. The van der Waals surface area contributed by atoms with Gasteiger partial charge in [-0.05, 0) is 49.4 Å². The molecule has 0 aromatic heterocycles. The fraction of sp³-hybridized carbons (Fsp3) is 0.625. The van der Waals surface area contributed by atoms with Gasteiger partial charge in [-0.3, -0.25) is 0 Å². The number of piperidine rings is 2. The Hall–Kier alpha value is -1.06. The Kier molecular flexibility index (Phi) is 2.61. The van der Waals surface area contributed by atoms with Gasteiger partial charge in [-0.15, -0.1) is 0 Å². The third-order valence-corrected chi connectivity index (χ3v) is 5.34. The van der Waals surface area contributed by atoms with Crippen molar-refractivity contribution in [3.05, 3.63) is 29.8 Å². The lowest BCUT2D eigenvalue weighted by Gasteiger charge is -2.31. The number of nitrogens with zero attached hydrogens (tertiary/aromatic N) is 1. The van der Waals surface area contributed by atoms with Crippen molar-refractivity contribution in [3.8, 4) is 0 Å². The predicted octanol–water partition coefficient (Wildman–Crippen LogP) is 1.51. The van der Waals surface area contributed by atoms with E-state index in [9.17, 15) is 5.11 Å². The first kappa shape index (κ1) is 11.7. The van der Waals surface area contributed by atoms with Crippen LogP contribution in [0, 0.1) is 5.92 Å². The zero-order valence-electron chi connectivity index (χ0n) is 11.3. The number of aliphatic hydroxyl groups is 1. The van der Waals surface area contributed by atoms with E-state index in [1.807, 2.05) is 0 Å². The molecule has 1 aromatic rings. The molecule has 3 heteroatoms. The molecule has 2 aliphatic heterocycles. The molecule has 1 aromatic carbocycles. The molecule has 2 unspecified atom stereocenters. The standard InChI is InChI=1S/C16H22N2O/c19-15-5-7-18(8-6-15)14-3-1-12(2-4-14)16-9-13(16)10-17-11-16/h1-4,13,15,17,19H,5-11H2. The van der Waals surface area contributed by atoms with Crippen LogP contribution in [0.4, 0.5) is 5.69 Å². The maximum atomic E-state index is 9.57. The van der Waals surface area contributed by atoms with Gasteiger partial charge in [-0.25, -0.2) is 0 Å². The fourth-order valence-electron chi connectivity index (χ4n) is 3.92. The van der Waals surface area contributed by atoms with Gasteiger partial charge >= 0.3 is 0 Å². The van der Waals surface area contributed by atoms with Crippen molar-refractivity contribution in [2.45, 2.75) is 30.8 Å². The van der Waals surface area contributed by atoms with Crippen molar-refractivity contribution in [3.63, 3.8) is 0 Å². The van der Waals surface area contributed by atoms with Crippen LogP contribution in [0.3, 0.4) is 0 Å². The first-order chi connectivity index (χ1) is 9.28. The molecule has 1 aliphatic carbocycles. The number of rotatable bonds is 2. The molecular formula is C16H22N2O. The minimum atomic E-state index is -0.0915. The van der Waals surface area contributed by atoms with E-state index in [0.29, 0.717) is 5.41 Å². The van der Waals surface area contributed by atoms with Crippen LogP contribution in [-0.4, -0.2) is 37.4 Å². The molecule has 0 amide bonds. The van der Waals surface area contributed by atoms with Gasteiger partial charge in [-0.2, -0.15) is 0 Å². The second kappa shape index (κ2) is 4.22. The lowest BCUT2D eigenvalue weighted by Crippen LogP contribution is -2.35. The maximum Gasteiger partial charge on any atom is 0.0574 e. The van der Waals surface area contributed by atoms with E-state index < -0.39 is 0 Å². The first-order valence-corrected chi connectivity index (χ1v) is 7.52. The summed E-state index contributed by atoms with van der Waals surface area (Å²) in [5, 5.41) is 13.1. The van der Waals surface area contributed by atoms with Gasteiger partial charge in [0.15, 0.2) is 0 Å². The van der Waals surface area contributed by atoms with E-state index in [0.717, 1.165) is 38.4 Å². The largest absolute Gasteiger partial charge is 0.393 e. The SMILES string of the molecule is OC1CCN(c2ccc(C34CNCC3C4)cc2)CC1. The zero-order valence-corrected chi connectivity index (χ0v) is 11.3. The van der Waals surface area contributed by atoms with E-state index in [1.165, 1.54) is 24.2 Å². The van der Waals surface area contributed by atoms with E-state index >= 15 is 0 Å². The normalized spacial score (nSPS) is 34.4. The summed E-state index contributed by atoms with van der Waals surface area (Å²) in [4.78, 5) is 2.39. The molecule has 2 heterocycles. The smallest absolute Gasteiger partial charge is 0.0574 e. The molecule has 2 atom stereocenters. The number of hydrogen-bond donors (Lipinski definition) is 2. The second-order valence-corrected chi connectivity index (χ2v) is 6.45. The van der Waals surface area contributed by atoms with Crippen molar-refractivity contribution in [2.24, 2.45) is 5.92 Å². The fourth-order valence-corrected chi connectivity index (χ4v) is 3.92. The van der Waals surface area contributed by atoms with Crippen molar-refractivity contribution in [1.29, 1.82) is 0 Å². The average molecular weight is 258 g/mol. The van der Waals surface area contributed by atoms with Gasteiger partial charge in [-0.1, -0.05) is 12.1 Å². The van der Waals surface area contributed by atoms with Gasteiger partial charge in [0, 0.05) is 30.7 Å². The number of fused-ring (bicyclic) bond motifs is 1. The van der Waals surface area contributed by atoms with Gasteiger partial charge in [0.1, 0.15) is 0 Å². The van der Waals surface area contributed by atoms with Gasteiger partial charge in [0.25, 0.3) is 0 Å². The summed E-state index contributed by atoms with van der Waals surface area (Å²) in [6.45, 7) is 4.32. The van der Waals surface area contributed by atoms with Crippen molar-refractivity contribution in [1.82, 2.24) is 5.32 Å². The molecule has 1 saturated carbocycles. The Labute approximate surface area is 114 Å². The monoisotopic (exact) mass is 258 g/mol. The van der Waals surface area contributed by atoms with Crippen LogP contribution in [0.2, 0.25) is 0 Å². The summed E-state index contributed by atoms with van der Waals surface area (Å²) < 4.78 is 0. The van der Waals surface area contributed by atoms with Crippen LogP contribution in [0.25, 0.3) is 0 Å². The molecule has 0 bridgehead atoms. The van der Waals surface area contributed by atoms with E-state index in [2.05, 4.69) is 34.5 Å². The molecule has 0 radical (unpaired) electrons. The van der Waals surface area contributed by atoms with Crippen molar-refractivity contribution in [2.75, 3.05) is 31.1 Å². The van der Waals surface area contributed by atoms with Crippen LogP contribution in [0.5, 0.6) is 0 Å². The molecule has 3 fully saturated rings. The van der Waals surface area contributed by atoms with Gasteiger partial charge in [0.2, 0.25) is 0 Å². The molecule has 19 heavy (non-hydrogen) atoms. The van der Waals surface area contributed by atoms with Gasteiger partial charge in [0.05, 0.1) is 6.10 Å². The summed E-state index contributed by atoms with van der Waals surface area (Å²) in [6, 6.07) is 9.20. The Morgan fingerprint density at radius 3 is 2.47 bits per heavy atom. The van der Waals surface area contributed by atoms with Crippen LogP contribution in [-0.2, 0) is 5.41 Å². The van der Waals surface area contributed by atoms with Crippen molar-refractivity contribution < 1.29 is 5.11 Å². The molecule has 4 rings (SSSR count). The second-order valence-electron chi connectivity index (χ2n) is 6.45. The lowest BCUT2D eigenvalue weighted by molar-refractivity contribution is 0.145. The average Bonchev–Trinajstić information content (AvgIpc) is 3.02. The first-order valence-electron chi connectivity index (χ1n) is 7.52. The molecule has 2 N–H and O–H groups in total. The minimum Gasteiger partial charge on any atom is -0.393 e. The summed E-state index contributed by atoms with van der Waals surface area (Å²) in [7, 11) is 0. The third kappa shape index (κ3) is 1.87. The van der Waals surface area contributed by atoms with Crippen LogP contribution < -0.4 is 10.2 Å². The quantitative estimate of drug-likeness (QED) is 0.844. The predicted molar refractivity (Wildman–Crippen MR) is 76.6 cm³/mol. The van der Waals surface area contributed by atoms with Crippen LogP contribution in [0.15, 0.2) is 24.3 Å². The highest BCUT2D eigenvalue weighted by atomic mass is 16.3. The van der Waals surface area contributed by atoms with Gasteiger partial charge < -0.3 is 15.3 Å². The molecule has 3 nitrogen and oxygen atoms in total. The Bertz CT molecular complexity index is 464. The molecular weight excluding hydrogens is 236 g/mol. The van der Waals surface area contributed by atoms with Crippen molar-refractivity contribution >= 4 is 5.69 Å². The molecule has 102 valence electrons. The highest BCUT2D eigenvalue weighted by Gasteiger charge is 2.57. The highest BCUT2D eigenvalue weighted by molar-refractivity contribution is 5.51. The van der Waals surface area contributed by atoms with Crippen LogP contribution in [0.1, 0.15) is 24.8 Å². The summed E-state index contributed by atoms with van der Waals surface area (Å²) in [5.41, 5.74) is 3.30. The molecule has 0 spiro atoms.